The van der Waals surface area contributed by atoms with Crippen LogP contribution < -0.4 is 15.4 Å². The molecule has 1 fully saturated rings. The average molecular weight is 400 g/mol. The maximum absolute atomic E-state index is 14.1. The van der Waals surface area contributed by atoms with Crippen LogP contribution in [-0.4, -0.2) is 34.0 Å². The molecular weight excluding hydrogens is 380 g/mol. The number of benzene rings is 1. The fourth-order valence-electron chi connectivity index (χ4n) is 2.46. The minimum absolute atomic E-state index is 0. The predicted octanol–water partition coefficient (Wildman–Crippen LogP) is 2.14. The molecule has 1 heterocycles. The van der Waals surface area contributed by atoms with Crippen LogP contribution in [0, 0.1) is 11.7 Å². The molecule has 0 aromatic heterocycles. The Morgan fingerprint density at radius 3 is 2.75 bits per heavy atom. The van der Waals surface area contributed by atoms with E-state index in [2.05, 4.69) is 15.4 Å². The highest BCUT2D eigenvalue weighted by atomic mass is 35.5. The monoisotopic (exact) mass is 399 g/mol. The molecule has 136 valence electrons. The molecule has 1 aromatic carbocycles. The van der Waals surface area contributed by atoms with Gasteiger partial charge in [0.15, 0.2) is 0 Å². The van der Waals surface area contributed by atoms with Gasteiger partial charge in [0.1, 0.15) is 10.7 Å². The van der Waals surface area contributed by atoms with Gasteiger partial charge in [-0.05, 0) is 37.9 Å². The zero-order chi connectivity index (χ0) is 17.0. The first kappa shape index (κ1) is 21.1. The lowest BCUT2D eigenvalue weighted by atomic mass is 10.1. The lowest BCUT2D eigenvalue weighted by Gasteiger charge is -2.12. The minimum Gasteiger partial charge on any atom is -0.325 e. The summed E-state index contributed by atoms with van der Waals surface area (Å²) in [4.78, 5) is 10.5. The molecule has 0 radical (unpaired) electrons. The van der Waals surface area contributed by atoms with E-state index in [-0.39, 0.29) is 29.7 Å². The van der Waals surface area contributed by atoms with Crippen LogP contribution in [0.25, 0.3) is 0 Å². The molecule has 1 amide bonds. The van der Waals surface area contributed by atoms with Crippen LogP contribution in [-0.2, 0) is 14.8 Å². The zero-order valence-electron chi connectivity index (χ0n) is 13.1. The maximum atomic E-state index is 14.1. The summed E-state index contributed by atoms with van der Waals surface area (Å²) >= 11 is 5.91. The Morgan fingerprint density at radius 1 is 1.46 bits per heavy atom. The summed E-state index contributed by atoms with van der Waals surface area (Å²) in [5.74, 6) is -0.966. The van der Waals surface area contributed by atoms with Crippen molar-refractivity contribution in [2.45, 2.75) is 24.7 Å². The molecule has 24 heavy (non-hydrogen) atoms. The van der Waals surface area contributed by atoms with Gasteiger partial charge in [0.2, 0.25) is 15.9 Å². The molecule has 1 aromatic rings. The van der Waals surface area contributed by atoms with Crippen molar-refractivity contribution in [1.29, 1.82) is 0 Å². The molecule has 1 aliphatic heterocycles. The number of carbonyl (C=O) groups is 1. The van der Waals surface area contributed by atoms with Gasteiger partial charge < -0.3 is 10.6 Å². The summed E-state index contributed by atoms with van der Waals surface area (Å²) in [6, 6.07) is 1.90. The van der Waals surface area contributed by atoms with Crippen LogP contribution in [0.1, 0.15) is 19.8 Å². The van der Waals surface area contributed by atoms with Gasteiger partial charge >= 0.3 is 0 Å². The molecule has 10 heteroatoms. The summed E-state index contributed by atoms with van der Waals surface area (Å²) < 4.78 is 40.9. The van der Waals surface area contributed by atoms with E-state index in [4.69, 9.17) is 11.6 Å². The van der Waals surface area contributed by atoms with Crippen molar-refractivity contribution < 1.29 is 17.6 Å². The number of rotatable bonds is 6. The molecule has 1 aliphatic rings. The topological polar surface area (TPSA) is 87.3 Å². The number of nitrogens with one attached hydrogen (secondary N) is 3. The first-order chi connectivity index (χ1) is 10.8. The molecule has 2 rings (SSSR count). The van der Waals surface area contributed by atoms with E-state index in [0.717, 1.165) is 31.6 Å². The standard InChI is InChI=1S/C14H19ClFN3O3S.ClH/c1-9(20)19-13-7-12(16)14(6-11(13)15)23(21,22)18-5-3-10-2-4-17-8-10;/h6-7,10,17-18H,2-5,8H2,1H3,(H,19,20);1H. The molecular formula is C14H20Cl2FN3O3S. The Kier molecular flexibility index (Phi) is 7.88. The largest absolute Gasteiger partial charge is 0.325 e. The van der Waals surface area contributed by atoms with E-state index in [0.29, 0.717) is 12.3 Å². The Labute approximate surface area is 152 Å². The Hall–Kier alpha value is -0.930. The lowest BCUT2D eigenvalue weighted by Crippen LogP contribution is -2.27. The van der Waals surface area contributed by atoms with E-state index >= 15 is 0 Å². The molecule has 6 nitrogen and oxygen atoms in total. The molecule has 3 N–H and O–H groups in total. The second-order valence-corrected chi connectivity index (χ2v) is 7.63. The number of hydrogen-bond donors (Lipinski definition) is 3. The summed E-state index contributed by atoms with van der Waals surface area (Å²) in [5, 5.41) is 5.50. The van der Waals surface area contributed by atoms with Gasteiger partial charge in [-0.3, -0.25) is 4.79 Å². The second kappa shape index (κ2) is 8.96. The molecule has 1 unspecified atom stereocenters. The highest BCUT2D eigenvalue weighted by molar-refractivity contribution is 7.89. The van der Waals surface area contributed by atoms with Crippen LogP contribution in [0.3, 0.4) is 0 Å². The highest BCUT2D eigenvalue weighted by Crippen LogP contribution is 2.28. The van der Waals surface area contributed by atoms with Crippen molar-refractivity contribution in [1.82, 2.24) is 10.0 Å². The van der Waals surface area contributed by atoms with Gasteiger partial charge in [-0.2, -0.15) is 0 Å². The molecule has 0 aliphatic carbocycles. The third-order valence-electron chi connectivity index (χ3n) is 3.63. The van der Waals surface area contributed by atoms with Gasteiger partial charge in [0.05, 0.1) is 10.7 Å². The Bertz CT molecular complexity index is 695. The van der Waals surface area contributed by atoms with Crippen LogP contribution in [0.5, 0.6) is 0 Å². The van der Waals surface area contributed by atoms with Crippen molar-refractivity contribution in [3.8, 4) is 0 Å². The Balaban J connectivity index is 0.00000288. The highest BCUT2D eigenvalue weighted by Gasteiger charge is 2.22. The third kappa shape index (κ3) is 5.56. The van der Waals surface area contributed by atoms with Gasteiger partial charge in [0, 0.05) is 19.5 Å². The zero-order valence-corrected chi connectivity index (χ0v) is 15.5. The SMILES string of the molecule is CC(=O)Nc1cc(F)c(S(=O)(=O)NCCC2CCNC2)cc1Cl.Cl. The van der Waals surface area contributed by atoms with Gasteiger partial charge in [-0.25, -0.2) is 17.5 Å². The van der Waals surface area contributed by atoms with Crippen molar-refractivity contribution in [3.05, 3.63) is 23.0 Å². The van der Waals surface area contributed by atoms with Gasteiger partial charge in [-0.1, -0.05) is 11.6 Å². The molecule has 0 bridgehead atoms. The van der Waals surface area contributed by atoms with E-state index in [1.807, 2.05) is 0 Å². The fourth-order valence-corrected chi connectivity index (χ4v) is 3.86. The number of hydrogen-bond acceptors (Lipinski definition) is 4. The Morgan fingerprint density at radius 2 is 2.17 bits per heavy atom. The molecule has 0 spiro atoms. The van der Waals surface area contributed by atoms with Crippen LogP contribution in [0.15, 0.2) is 17.0 Å². The predicted molar refractivity (Wildman–Crippen MR) is 93.7 cm³/mol. The van der Waals surface area contributed by atoms with Crippen molar-refractivity contribution in [3.63, 3.8) is 0 Å². The number of anilines is 1. The van der Waals surface area contributed by atoms with Crippen molar-refractivity contribution >= 4 is 45.6 Å². The van der Waals surface area contributed by atoms with E-state index in [1.54, 1.807) is 0 Å². The summed E-state index contributed by atoms with van der Waals surface area (Å²) in [6.45, 7) is 3.29. The lowest BCUT2D eigenvalue weighted by molar-refractivity contribution is -0.114. The smallest absolute Gasteiger partial charge is 0.243 e. The van der Waals surface area contributed by atoms with E-state index in [9.17, 15) is 17.6 Å². The summed E-state index contributed by atoms with van der Waals surface area (Å²) in [7, 11) is -3.99. The van der Waals surface area contributed by atoms with Crippen LogP contribution >= 0.6 is 24.0 Å². The third-order valence-corrected chi connectivity index (χ3v) is 5.42. The number of halogens is 3. The van der Waals surface area contributed by atoms with Gasteiger partial charge in [-0.15, -0.1) is 12.4 Å². The first-order valence-electron chi connectivity index (χ1n) is 7.26. The normalized spacial score (nSPS) is 17.4. The molecule has 1 atom stereocenters. The van der Waals surface area contributed by atoms with E-state index < -0.39 is 26.6 Å². The number of amides is 1. The second-order valence-electron chi connectivity index (χ2n) is 5.49. The van der Waals surface area contributed by atoms with Crippen molar-refractivity contribution in [2.75, 3.05) is 25.0 Å². The number of sulfonamides is 1. The number of carbonyl (C=O) groups excluding carboxylic acids is 1. The first-order valence-corrected chi connectivity index (χ1v) is 9.12. The van der Waals surface area contributed by atoms with Crippen LogP contribution in [0.2, 0.25) is 5.02 Å². The average Bonchev–Trinajstić information content (AvgIpc) is 2.94. The summed E-state index contributed by atoms with van der Waals surface area (Å²) in [5.41, 5.74) is 0.0349. The molecule has 0 saturated carbocycles. The quantitative estimate of drug-likeness (QED) is 0.683. The fraction of sp³-hybridized carbons (Fsp3) is 0.500. The van der Waals surface area contributed by atoms with Gasteiger partial charge in [0.25, 0.3) is 0 Å². The minimum atomic E-state index is -3.99. The van der Waals surface area contributed by atoms with Crippen molar-refractivity contribution in [2.24, 2.45) is 5.92 Å². The van der Waals surface area contributed by atoms with E-state index in [1.165, 1.54) is 6.92 Å². The summed E-state index contributed by atoms with van der Waals surface area (Å²) in [6.07, 6.45) is 1.69. The van der Waals surface area contributed by atoms with Crippen LogP contribution in [0.4, 0.5) is 10.1 Å². The molecule has 1 saturated heterocycles. The maximum Gasteiger partial charge on any atom is 0.243 e.